The van der Waals surface area contributed by atoms with Crippen LogP contribution >= 0.6 is 0 Å². The molecular formula is C8H9NO. The van der Waals surface area contributed by atoms with E-state index in [1.54, 1.807) is 6.20 Å². The Morgan fingerprint density at radius 1 is 1.50 bits per heavy atom. The first kappa shape index (κ1) is 5.71. The van der Waals surface area contributed by atoms with Gasteiger partial charge in [0.05, 0.1) is 6.20 Å². The molecule has 0 bridgehead atoms. The molecule has 1 aromatic heterocycles. The zero-order chi connectivity index (χ0) is 6.97. The summed E-state index contributed by atoms with van der Waals surface area (Å²) in [6.07, 6.45) is 5.68. The lowest BCUT2D eigenvalue weighted by Crippen LogP contribution is -1.80. The highest BCUT2D eigenvalue weighted by Crippen LogP contribution is 2.43. The molecule has 10 heavy (non-hydrogen) atoms. The minimum atomic E-state index is 0.352. The second-order valence-electron chi connectivity index (χ2n) is 2.71. The van der Waals surface area contributed by atoms with Crippen LogP contribution in [0.5, 0.6) is 5.75 Å². The topological polar surface area (TPSA) is 33.1 Å². The standard InChI is InChI=1S/C8H9NO/c10-8-5-9-4-3-7(8)6-1-2-6/h3-6,10H,1-2H2. The Hall–Kier alpha value is -1.05. The van der Waals surface area contributed by atoms with Crippen LogP contribution < -0.4 is 0 Å². The summed E-state index contributed by atoms with van der Waals surface area (Å²) in [5.41, 5.74) is 1.06. The molecule has 1 aromatic rings. The fourth-order valence-corrected chi connectivity index (χ4v) is 1.14. The summed E-state index contributed by atoms with van der Waals surface area (Å²) in [6, 6.07) is 1.90. The van der Waals surface area contributed by atoms with Gasteiger partial charge in [-0.1, -0.05) is 0 Å². The van der Waals surface area contributed by atoms with Crippen molar-refractivity contribution in [2.45, 2.75) is 18.8 Å². The van der Waals surface area contributed by atoms with Gasteiger partial charge >= 0.3 is 0 Å². The quantitative estimate of drug-likeness (QED) is 0.635. The van der Waals surface area contributed by atoms with Gasteiger partial charge in [0.1, 0.15) is 5.75 Å². The number of hydrogen-bond donors (Lipinski definition) is 1. The second kappa shape index (κ2) is 1.97. The van der Waals surface area contributed by atoms with Crippen molar-refractivity contribution >= 4 is 0 Å². The molecule has 1 aliphatic rings. The van der Waals surface area contributed by atoms with Crippen LogP contribution in [-0.2, 0) is 0 Å². The molecule has 0 saturated heterocycles. The zero-order valence-corrected chi connectivity index (χ0v) is 5.62. The van der Waals surface area contributed by atoms with Crippen molar-refractivity contribution in [2.24, 2.45) is 0 Å². The Morgan fingerprint density at radius 3 is 2.90 bits per heavy atom. The van der Waals surface area contributed by atoms with Crippen molar-refractivity contribution in [3.8, 4) is 5.75 Å². The van der Waals surface area contributed by atoms with Crippen LogP contribution in [0.4, 0.5) is 0 Å². The predicted molar refractivity (Wildman–Crippen MR) is 37.9 cm³/mol. The molecule has 1 saturated carbocycles. The minimum absolute atomic E-state index is 0.352. The molecule has 0 unspecified atom stereocenters. The van der Waals surface area contributed by atoms with Gasteiger partial charge in [0, 0.05) is 11.8 Å². The van der Waals surface area contributed by atoms with E-state index in [4.69, 9.17) is 0 Å². The highest BCUT2D eigenvalue weighted by molar-refractivity contribution is 5.34. The van der Waals surface area contributed by atoms with E-state index >= 15 is 0 Å². The van der Waals surface area contributed by atoms with Crippen LogP contribution in [0.25, 0.3) is 0 Å². The monoisotopic (exact) mass is 135 g/mol. The Morgan fingerprint density at radius 2 is 2.30 bits per heavy atom. The maximum absolute atomic E-state index is 9.26. The van der Waals surface area contributed by atoms with Crippen LogP contribution in [0.1, 0.15) is 24.3 Å². The van der Waals surface area contributed by atoms with Gasteiger partial charge in [-0.2, -0.15) is 0 Å². The first-order chi connectivity index (χ1) is 4.88. The fraction of sp³-hybridized carbons (Fsp3) is 0.375. The van der Waals surface area contributed by atoms with Crippen molar-refractivity contribution in [3.05, 3.63) is 24.0 Å². The number of hydrogen-bond acceptors (Lipinski definition) is 2. The average Bonchev–Trinajstić information content (AvgIpc) is 2.71. The average molecular weight is 135 g/mol. The molecule has 1 fully saturated rings. The molecule has 1 aliphatic carbocycles. The van der Waals surface area contributed by atoms with Crippen molar-refractivity contribution in [2.75, 3.05) is 0 Å². The maximum Gasteiger partial charge on any atom is 0.137 e. The van der Waals surface area contributed by atoms with Gasteiger partial charge in [-0.3, -0.25) is 4.98 Å². The largest absolute Gasteiger partial charge is 0.506 e. The van der Waals surface area contributed by atoms with Crippen LogP contribution in [0.15, 0.2) is 18.5 Å². The molecule has 0 aromatic carbocycles. The summed E-state index contributed by atoms with van der Waals surface area (Å²) in [6.45, 7) is 0. The van der Waals surface area contributed by atoms with Crippen LogP contribution in [0.2, 0.25) is 0 Å². The Balaban J connectivity index is 2.39. The van der Waals surface area contributed by atoms with E-state index in [0.29, 0.717) is 11.7 Å². The van der Waals surface area contributed by atoms with Crippen LogP contribution in [0, 0.1) is 0 Å². The molecule has 2 rings (SSSR count). The summed E-state index contributed by atoms with van der Waals surface area (Å²) in [5.74, 6) is 0.966. The van der Waals surface area contributed by atoms with Gasteiger partial charge in [-0.15, -0.1) is 0 Å². The van der Waals surface area contributed by atoms with E-state index in [2.05, 4.69) is 4.98 Å². The molecule has 1 N–H and O–H groups in total. The third-order valence-corrected chi connectivity index (χ3v) is 1.85. The highest BCUT2D eigenvalue weighted by atomic mass is 16.3. The number of aromatic hydroxyl groups is 1. The SMILES string of the molecule is Oc1cnccc1C1CC1. The molecule has 0 atom stereocenters. The first-order valence-corrected chi connectivity index (χ1v) is 3.51. The molecule has 0 aliphatic heterocycles. The first-order valence-electron chi connectivity index (χ1n) is 3.51. The van der Waals surface area contributed by atoms with Gasteiger partial charge in [0.15, 0.2) is 0 Å². The molecular weight excluding hydrogens is 126 g/mol. The van der Waals surface area contributed by atoms with Gasteiger partial charge < -0.3 is 5.11 Å². The van der Waals surface area contributed by atoms with E-state index < -0.39 is 0 Å². The van der Waals surface area contributed by atoms with E-state index in [9.17, 15) is 5.11 Å². The molecule has 1 heterocycles. The van der Waals surface area contributed by atoms with E-state index in [1.165, 1.54) is 19.0 Å². The highest BCUT2D eigenvalue weighted by Gasteiger charge is 2.25. The summed E-state index contributed by atoms with van der Waals surface area (Å²) >= 11 is 0. The van der Waals surface area contributed by atoms with Crippen molar-refractivity contribution < 1.29 is 5.11 Å². The zero-order valence-electron chi connectivity index (χ0n) is 5.62. The minimum Gasteiger partial charge on any atom is -0.506 e. The Bertz CT molecular complexity index is 243. The predicted octanol–water partition coefficient (Wildman–Crippen LogP) is 1.66. The number of rotatable bonds is 1. The fourth-order valence-electron chi connectivity index (χ4n) is 1.14. The van der Waals surface area contributed by atoms with E-state index in [1.807, 2.05) is 6.07 Å². The molecule has 52 valence electrons. The van der Waals surface area contributed by atoms with Gasteiger partial charge in [0.25, 0.3) is 0 Å². The molecule has 2 heteroatoms. The van der Waals surface area contributed by atoms with E-state index in [0.717, 1.165) is 5.56 Å². The molecule has 2 nitrogen and oxygen atoms in total. The number of pyridine rings is 1. The number of aromatic nitrogens is 1. The summed E-state index contributed by atoms with van der Waals surface area (Å²) in [5, 5.41) is 9.26. The lowest BCUT2D eigenvalue weighted by molar-refractivity contribution is 0.465. The van der Waals surface area contributed by atoms with Gasteiger partial charge in [-0.05, 0) is 24.8 Å². The smallest absolute Gasteiger partial charge is 0.137 e. The van der Waals surface area contributed by atoms with Gasteiger partial charge in [0.2, 0.25) is 0 Å². The Labute approximate surface area is 59.5 Å². The summed E-state index contributed by atoms with van der Waals surface area (Å²) in [7, 11) is 0. The van der Waals surface area contributed by atoms with Crippen LogP contribution in [0.3, 0.4) is 0 Å². The lowest BCUT2D eigenvalue weighted by Gasteiger charge is -1.98. The third-order valence-electron chi connectivity index (χ3n) is 1.85. The summed E-state index contributed by atoms with van der Waals surface area (Å²) < 4.78 is 0. The van der Waals surface area contributed by atoms with Crippen molar-refractivity contribution in [1.82, 2.24) is 4.98 Å². The van der Waals surface area contributed by atoms with Crippen molar-refractivity contribution in [3.63, 3.8) is 0 Å². The number of nitrogens with zero attached hydrogens (tertiary/aromatic N) is 1. The second-order valence-corrected chi connectivity index (χ2v) is 2.71. The molecule has 0 spiro atoms. The van der Waals surface area contributed by atoms with Crippen molar-refractivity contribution in [1.29, 1.82) is 0 Å². The maximum atomic E-state index is 9.26. The normalized spacial score (nSPS) is 17.2. The van der Waals surface area contributed by atoms with Crippen LogP contribution in [-0.4, -0.2) is 10.1 Å². The Kier molecular flexibility index (Phi) is 1.13. The molecule has 0 amide bonds. The van der Waals surface area contributed by atoms with Gasteiger partial charge in [-0.25, -0.2) is 0 Å². The third kappa shape index (κ3) is 0.856. The molecule has 0 radical (unpaired) electrons. The lowest BCUT2D eigenvalue weighted by atomic mass is 10.2. The van der Waals surface area contributed by atoms with E-state index in [-0.39, 0.29) is 0 Å². The summed E-state index contributed by atoms with van der Waals surface area (Å²) in [4.78, 5) is 3.81.